The zero-order valence-corrected chi connectivity index (χ0v) is 16.2. The zero-order valence-electron chi connectivity index (χ0n) is 16.2. The molecule has 1 heterocycles. The molecule has 0 saturated heterocycles. The smallest absolute Gasteiger partial charge is 0.335 e. The molecule has 0 spiro atoms. The summed E-state index contributed by atoms with van der Waals surface area (Å²) in [6.07, 6.45) is -4.62. The Morgan fingerprint density at radius 3 is 2.30 bits per heavy atom. The van der Waals surface area contributed by atoms with Gasteiger partial charge in [0, 0.05) is 14.1 Å². The highest BCUT2D eigenvalue weighted by Crippen LogP contribution is 2.34. The Labute approximate surface area is 169 Å². The fraction of sp³-hybridized carbons (Fsp3) is 0.250. The molecule has 7 nitrogen and oxygen atoms in total. The molecule has 0 radical (unpaired) electrons. The van der Waals surface area contributed by atoms with E-state index in [4.69, 9.17) is 0 Å². The molecule has 2 aromatic carbocycles. The molecule has 0 atom stereocenters. The average Bonchev–Trinajstić information content (AvgIpc) is 2.92. The van der Waals surface area contributed by atoms with Gasteiger partial charge >= 0.3 is 11.9 Å². The van der Waals surface area contributed by atoms with Crippen molar-refractivity contribution in [1.29, 1.82) is 0 Å². The first kappa shape index (κ1) is 21.2. The fourth-order valence-electron chi connectivity index (χ4n) is 3.10. The number of rotatable bonds is 5. The maximum absolute atomic E-state index is 13.0. The summed E-state index contributed by atoms with van der Waals surface area (Å²) in [5.74, 6) is -1.32. The number of fused-ring (bicyclic) bond motifs is 1. The molecule has 0 bridgehead atoms. The van der Waals surface area contributed by atoms with Gasteiger partial charge in [0.1, 0.15) is 6.54 Å². The lowest BCUT2D eigenvalue weighted by Gasteiger charge is -2.18. The Kier molecular flexibility index (Phi) is 5.68. The molecule has 0 unspecified atom stereocenters. The van der Waals surface area contributed by atoms with Crippen LogP contribution in [-0.2, 0) is 29.4 Å². The van der Waals surface area contributed by atoms with Gasteiger partial charge in [0.2, 0.25) is 11.8 Å². The number of carbonyl (C=O) groups excluding carboxylic acids is 2. The van der Waals surface area contributed by atoms with Crippen molar-refractivity contribution in [2.24, 2.45) is 7.05 Å². The van der Waals surface area contributed by atoms with Crippen molar-refractivity contribution in [1.82, 2.24) is 14.0 Å². The van der Waals surface area contributed by atoms with Crippen molar-refractivity contribution in [3.05, 3.63) is 64.6 Å². The fourth-order valence-corrected chi connectivity index (χ4v) is 3.10. The first-order chi connectivity index (χ1) is 14.1. The third kappa shape index (κ3) is 4.22. The monoisotopic (exact) mass is 420 g/mol. The summed E-state index contributed by atoms with van der Waals surface area (Å²) in [6, 6.07) is 11.5. The molecular weight excluding hydrogens is 401 g/mol. The van der Waals surface area contributed by atoms with Crippen LogP contribution in [0.2, 0.25) is 0 Å². The Hall–Kier alpha value is -3.56. The second-order valence-corrected chi connectivity index (χ2v) is 6.76. The number of para-hydroxylation sites is 3. The number of amides is 2. The van der Waals surface area contributed by atoms with Crippen molar-refractivity contribution < 1.29 is 22.8 Å². The van der Waals surface area contributed by atoms with Gasteiger partial charge in [-0.05, 0) is 24.3 Å². The van der Waals surface area contributed by atoms with Gasteiger partial charge in [-0.25, -0.2) is 4.79 Å². The number of anilines is 1. The van der Waals surface area contributed by atoms with Gasteiger partial charge in [0.25, 0.3) is 0 Å². The first-order valence-electron chi connectivity index (χ1n) is 8.94. The largest absolute Gasteiger partial charge is 0.418 e. The van der Waals surface area contributed by atoms with Crippen molar-refractivity contribution in [2.45, 2.75) is 12.7 Å². The minimum Gasteiger partial charge on any atom is -0.335 e. The molecular formula is C20H19F3N4O3. The maximum atomic E-state index is 13.0. The second kappa shape index (κ2) is 8.05. The van der Waals surface area contributed by atoms with Crippen LogP contribution in [0.3, 0.4) is 0 Å². The third-order valence-electron chi connectivity index (χ3n) is 4.66. The number of aromatic nitrogens is 2. The Morgan fingerprint density at radius 1 is 1.03 bits per heavy atom. The molecule has 0 aliphatic heterocycles. The van der Waals surface area contributed by atoms with Crippen molar-refractivity contribution in [3.63, 3.8) is 0 Å². The lowest BCUT2D eigenvalue weighted by molar-refractivity contribution is -0.137. The molecule has 1 N–H and O–H groups in total. The molecule has 0 saturated carbocycles. The van der Waals surface area contributed by atoms with Crippen molar-refractivity contribution in [2.75, 3.05) is 18.9 Å². The summed E-state index contributed by atoms with van der Waals surface area (Å²) < 4.78 is 41.8. The highest BCUT2D eigenvalue weighted by atomic mass is 19.4. The molecule has 0 aliphatic carbocycles. The van der Waals surface area contributed by atoms with Crippen LogP contribution in [0.25, 0.3) is 11.0 Å². The normalized spacial score (nSPS) is 11.5. The van der Waals surface area contributed by atoms with E-state index in [0.29, 0.717) is 11.0 Å². The molecule has 0 fully saturated rings. The first-order valence-corrected chi connectivity index (χ1v) is 8.94. The summed E-state index contributed by atoms with van der Waals surface area (Å²) in [7, 11) is 2.93. The number of benzene rings is 2. The van der Waals surface area contributed by atoms with Gasteiger partial charge in [-0.15, -0.1) is 0 Å². The van der Waals surface area contributed by atoms with E-state index in [1.165, 1.54) is 28.3 Å². The minimum atomic E-state index is -4.62. The zero-order chi connectivity index (χ0) is 22.1. The number of imidazole rings is 1. The number of nitrogens with zero attached hydrogens (tertiary/aromatic N) is 3. The van der Waals surface area contributed by atoms with E-state index in [-0.39, 0.29) is 17.9 Å². The lowest BCUT2D eigenvalue weighted by Crippen LogP contribution is -2.38. The van der Waals surface area contributed by atoms with Crippen LogP contribution < -0.4 is 11.0 Å². The Bertz CT molecular complexity index is 1160. The third-order valence-corrected chi connectivity index (χ3v) is 4.66. The van der Waals surface area contributed by atoms with E-state index >= 15 is 0 Å². The number of hydrogen-bond donors (Lipinski definition) is 1. The number of aryl methyl sites for hydroxylation is 1. The van der Waals surface area contributed by atoms with E-state index in [0.717, 1.165) is 17.0 Å². The van der Waals surface area contributed by atoms with Gasteiger partial charge < -0.3 is 10.2 Å². The van der Waals surface area contributed by atoms with Crippen LogP contribution in [0.1, 0.15) is 5.56 Å². The predicted octanol–water partition coefficient (Wildman–Crippen LogP) is 2.46. The quantitative estimate of drug-likeness (QED) is 0.689. The van der Waals surface area contributed by atoms with E-state index in [2.05, 4.69) is 5.32 Å². The van der Waals surface area contributed by atoms with E-state index < -0.39 is 30.1 Å². The minimum absolute atomic E-state index is 0.302. The molecule has 0 aliphatic rings. The van der Waals surface area contributed by atoms with Crippen LogP contribution in [-0.4, -0.2) is 39.4 Å². The van der Waals surface area contributed by atoms with Gasteiger partial charge in [-0.3, -0.25) is 18.7 Å². The van der Waals surface area contributed by atoms with E-state index in [1.54, 1.807) is 31.3 Å². The topological polar surface area (TPSA) is 76.3 Å². The molecule has 2 amide bonds. The summed E-state index contributed by atoms with van der Waals surface area (Å²) in [5.41, 5.74) is -0.535. The molecule has 3 aromatic rings. The summed E-state index contributed by atoms with van der Waals surface area (Å²) in [5, 5.41) is 2.19. The summed E-state index contributed by atoms with van der Waals surface area (Å²) in [6.45, 7) is -0.770. The van der Waals surface area contributed by atoms with Gasteiger partial charge in [-0.1, -0.05) is 24.3 Å². The Balaban J connectivity index is 1.71. The van der Waals surface area contributed by atoms with Crippen molar-refractivity contribution >= 4 is 28.5 Å². The van der Waals surface area contributed by atoms with Gasteiger partial charge in [0.05, 0.1) is 28.8 Å². The second-order valence-electron chi connectivity index (χ2n) is 6.76. The standard InChI is InChI=1S/C20H19F3N4O3/c1-25(11-17(28)24-14-8-4-3-7-13(14)20(21,22)23)18(29)12-27-16-10-6-5-9-15(16)26(2)19(27)30/h3-10H,11-12H2,1-2H3,(H,24,28). The number of carbonyl (C=O) groups is 2. The lowest BCUT2D eigenvalue weighted by atomic mass is 10.1. The van der Waals surface area contributed by atoms with Crippen LogP contribution >= 0.6 is 0 Å². The molecule has 3 rings (SSSR count). The van der Waals surface area contributed by atoms with Crippen LogP contribution in [0, 0.1) is 0 Å². The predicted molar refractivity (Wildman–Crippen MR) is 105 cm³/mol. The maximum Gasteiger partial charge on any atom is 0.418 e. The SMILES string of the molecule is CN(CC(=O)Nc1ccccc1C(F)(F)F)C(=O)Cn1c(=O)n(C)c2ccccc21. The van der Waals surface area contributed by atoms with Crippen LogP contribution in [0.4, 0.5) is 18.9 Å². The number of hydrogen-bond acceptors (Lipinski definition) is 3. The summed E-state index contributed by atoms with van der Waals surface area (Å²) in [4.78, 5) is 38.2. The molecule has 10 heteroatoms. The van der Waals surface area contributed by atoms with E-state index in [1.807, 2.05) is 0 Å². The highest BCUT2D eigenvalue weighted by Gasteiger charge is 2.33. The van der Waals surface area contributed by atoms with Gasteiger partial charge in [-0.2, -0.15) is 13.2 Å². The average molecular weight is 420 g/mol. The molecule has 158 valence electrons. The number of alkyl halides is 3. The highest BCUT2D eigenvalue weighted by molar-refractivity contribution is 5.95. The molecule has 30 heavy (non-hydrogen) atoms. The number of halogens is 3. The van der Waals surface area contributed by atoms with Crippen LogP contribution in [0.15, 0.2) is 53.3 Å². The van der Waals surface area contributed by atoms with Crippen LogP contribution in [0.5, 0.6) is 0 Å². The van der Waals surface area contributed by atoms with E-state index in [9.17, 15) is 27.6 Å². The summed E-state index contributed by atoms with van der Waals surface area (Å²) >= 11 is 0. The van der Waals surface area contributed by atoms with Crippen molar-refractivity contribution in [3.8, 4) is 0 Å². The van der Waals surface area contributed by atoms with Gasteiger partial charge in [0.15, 0.2) is 0 Å². The Morgan fingerprint density at radius 2 is 1.63 bits per heavy atom. The molecule has 1 aromatic heterocycles. The number of likely N-dealkylation sites (N-methyl/N-ethyl adjacent to an activating group) is 1. The number of nitrogens with one attached hydrogen (secondary N) is 1.